The lowest BCUT2D eigenvalue weighted by molar-refractivity contribution is -0.153. The molecule has 0 radical (unpaired) electrons. The predicted molar refractivity (Wildman–Crippen MR) is 73.4 cm³/mol. The van der Waals surface area contributed by atoms with Gasteiger partial charge in [0.15, 0.2) is 6.10 Å². The number of aliphatic hydroxyl groups excluding tert-OH is 1. The van der Waals surface area contributed by atoms with Gasteiger partial charge in [-0.25, -0.2) is 9.78 Å². The molecule has 0 saturated carbocycles. The number of nitrogens with zero attached hydrogens (tertiary/aromatic N) is 1. The van der Waals surface area contributed by atoms with Crippen LogP contribution in [0.2, 0.25) is 10.2 Å². The molecule has 0 bridgehead atoms. The summed E-state index contributed by atoms with van der Waals surface area (Å²) in [5.74, 6) is -0.731. The minimum Gasteiger partial charge on any atom is -0.464 e. The van der Waals surface area contributed by atoms with Crippen LogP contribution in [0.5, 0.6) is 0 Å². The Bertz CT molecular complexity index is 631. The largest absolute Gasteiger partial charge is 0.464 e. The van der Waals surface area contributed by atoms with Gasteiger partial charge in [-0.1, -0.05) is 29.3 Å². The summed E-state index contributed by atoms with van der Waals surface area (Å²) in [5, 5.41) is 11.1. The Labute approximate surface area is 119 Å². The van der Waals surface area contributed by atoms with E-state index in [1.807, 2.05) is 0 Å². The zero-order chi connectivity index (χ0) is 14.0. The SMILES string of the molecule is CCOC(=O)C(O)c1ccc2nc(Cl)ccc2c1Cl. The smallest absolute Gasteiger partial charge is 0.339 e. The van der Waals surface area contributed by atoms with Crippen LogP contribution < -0.4 is 0 Å². The highest BCUT2D eigenvalue weighted by atomic mass is 35.5. The van der Waals surface area contributed by atoms with E-state index < -0.39 is 12.1 Å². The normalized spacial score (nSPS) is 12.4. The second kappa shape index (κ2) is 5.74. The molecule has 19 heavy (non-hydrogen) atoms. The number of fused-ring (bicyclic) bond motifs is 1. The zero-order valence-corrected chi connectivity index (χ0v) is 11.6. The molecule has 1 heterocycles. The van der Waals surface area contributed by atoms with Gasteiger partial charge in [0.25, 0.3) is 0 Å². The standard InChI is InChI=1S/C13H11Cl2NO3/c1-2-19-13(18)12(17)8-3-5-9-7(11(8)15)4-6-10(14)16-9/h3-6,12,17H,2H2,1H3. The van der Waals surface area contributed by atoms with Crippen LogP contribution in [0, 0.1) is 0 Å². The molecule has 1 aromatic heterocycles. The van der Waals surface area contributed by atoms with Crippen LogP contribution in [0.15, 0.2) is 24.3 Å². The van der Waals surface area contributed by atoms with E-state index in [9.17, 15) is 9.90 Å². The lowest BCUT2D eigenvalue weighted by Gasteiger charge is -2.13. The van der Waals surface area contributed by atoms with Crippen LogP contribution in [0.25, 0.3) is 10.9 Å². The average molecular weight is 300 g/mol. The molecule has 2 rings (SSSR count). The number of pyridine rings is 1. The monoisotopic (exact) mass is 299 g/mol. The summed E-state index contributed by atoms with van der Waals surface area (Å²) >= 11 is 12.0. The molecule has 0 amide bonds. The van der Waals surface area contributed by atoms with Gasteiger partial charge in [-0.05, 0) is 25.1 Å². The second-order valence-electron chi connectivity index (χ2n) is 3.82. The minimum absolute atomic E-state index is 0.193. The van der Waals surface area contributed by atoms with E-state index in [4.69, 9.17) is 27.9 Å². The Morgan fingerprint density at radius 2 is 2.11 bits per heavy atom. The van der Waals surface area contributed by atoms with E-state index in [1.54, 1.807) is 25.1 Å². The van der Waals surface area contributed by atoms with E-state index in [1.165, 1.54) is 6.07 Å². The third-order valence-corrected chi connectivity index (χ3v) is 3.24. The molecule has 0 aliphatic rings. The van der Waals surface area contributed by atoms with Crippen LogP contribution in [0.1, 0.15) is 18.6 Å². The molecule has 4 nitrogen and oxygen atoms in total. The maximum atomic E-state index is 11.5. The molecule has 0 spiro atoms. The van der Waals surface area contributed by atoms with Gasteiger partial charge in [0.05, 0.1) is 17.1 Å². The lowest BCUT2D eigenvalue weighted by Crippen LogP contribution is -2.15. The number of esters is 1. The van der Waals surface area contributed by atoms with E-state index in [0.29, 0.717) is 16.1 Å². The number of carbonyl (C=O) groups is 1. The number of hydrogen-bond acceptors (Lipinski definition) is 4. The first-order valence-corrected chi connectivity index (χ1v) is 6.39. The Morgan fingerprint density at radius 1 is 1.37 bits per heavy atom. The molecule has 0 aliphatic heterocycles. The van der Waals surface area contributed by atoms with Crippen molar-refractivity contribution in [3.63, 3.8) is 0 Å². The van der Waals surface area contributed by atoms with Gasteiger partial charge in [-0.3, -0.25) is 0 Å². The fourth-order valence-electron chi connectivity index (χ4n) is 1.72. The van der Waals surface area contributed by atoms with Crippen molar-refractivity contribution in [1.29, 1.82) is 0 Å². The van der Waals surface area contributed by atoms with Crippen molar-refractivity contribution in [2.75, 3.05) is 6.61 Å². The Hall–Kier alpha value is -1.36. The molecule has 6 heteroatoms. The van der Waals surface area contributed by atoms with E-state index in [-0.39, 0.29) is 17.2 Å². The van der Waals surface area contributed by atoms with Gasteiger partial charge in [0, 0.05) is 10.9 Å². The Morgan fingerprint density at radius 3 is 2.79 bits per heavy atom. The summed E-state index contributed by atoms with van der Waals surface area (Å²) < 4.78 is 4.76. The molecule has 1 aromatic carbocycles. The first kappa shape index (κ1) is 14.1. The van der Waals surface area contributed by atoms with Crippen LogP contribution in [0.4, 0.5) is 0 Å². The van der Waals surface area contributed by atoms with Crippen LogP contribution in [-0.2, 0) is 9.53 Å². The first-order valence-electron chi connectivity index (χ1n) is 5.64. The van der Waals surface area contributed by atoms with Crippen LogP contribution >= 0.6 is 23.2 Å². The fourth-order valence-corrected chi connectivity index (χ4v) is 2.20. The molecule has 1 N–H and O–H groups in total. The average Bonchev–Trinajstić information content (AvgIpc) is 2.38. The maximum absolute atomic E-state index is 11.5. The topological polar surface area (TPSA) is 59.4 Å². The van der Waals surface area contributed by atoms with Gasteiger partial charge in [-0.15, -0.1) is 0 Å². The quantitative estimate of drug-likeness (QED) is 0.699. The van der Waals surface area contributed by atoms with Gasteiger partial charge < -0.3 is 9.84 Å². The number of benzene rings is 1. The van der Waals surface area contributed by atoms with Gasteiger partial charge in [0.2, 0.25) is 0 Å². The Kier molecular flexibility index (Phi) is 4.24. The molecular weight excluding hydrogens is 289 g/mol. The summed E-state index contributed by atoms with van der Waals surface area (Å²) in [5.41, 5.74) is 0.883. The van der Waals surface area contributed by atoms with E-state index in [2.05, 4.69) is 4.98 Å². The van der Waals surface area contributed by atoms with Crippen molar-refractivity contribution in [2.24, 2.45) is 0 Å². The molecule has 100 valence electrons. The maximum Gasteiger partial charge on any atom is 0.339 e. The second-order valence-corrected chi connectivity index (χ2v) is 4.59. The molecule has 0 saturated heterocycles. The minimum atomic E-state index is -1.41. The highest BCUT2D eigenvalue weighted by molar-refractivity contribution is 6.36. The predicted octanol–water partition coefficient (Wildman–Crippen LogP) is 3.14. The number of aromatic nitrogens is 1. The number of rotatable bonds is 3. The van der Waals surface area contributed by atoms with Gasteiger partial charge in [-0.2, -0.15) is 0 Å². The number of halogens is 2. The molecule has 1 atom stereocenters. The van der Waals surface area contributed by atoms with Crippen molar-refractivity contribution < 1.29 is 14.6 Å². The molecule has 0 fully saturated rings. The Balaban J connectivity index is 2.48. The summed E-state index contributed by atoms with van der Waals surface area (Å²) in [6, 6.07) is 6.46. The highest BCUT2D eigenvalue weighted by Crippen LogP contribution is 2.31. The number of hydrogen-bond donors (Lipinski definition) is 1. The van der Waals surface area contributed by atoms with Gasteiger partial charge in [0.1, 0.15) is 5.15 Å². The van der Waals surface area contributed by atoms with E-state index >= 15 is 0 Å². The van der Waals surface area contributed by atoms with Crippen molar-refractivity contribution in [1.82, 2.24) is 4.98 Å². The first-order chi connectivity index (χ1) is 9.04. The zero-order valence-electron chi connectivity index (χ0n) is 10.1. The fraction of sp³-hybridized carbons (Fsp3) is 0.231. The van der Waals surface area contributed by atoms with Crippen molar-refractivity contribution >= 4 is 40.1 Å². The number of aliphatic hydroxyl groups is 1. The summed E-state index contributed by atoms with van der Waals surface area (Å²) in [6.45, 7) is 1.86. The lowest BCUT2D eigenvalue weighted by atomic mass is 10.1. The van der Waals surface area contributed by atoms with Crippen LogP contribution in [-0.4, -0.2) is 22.7 Å². The molecule has 2 aromatic rings. The van der Waals surface area contributed by atoms with Crippen molar-refractivity contribution in [3.05, 3.63) is 40.0 Å². The molecular formula is C13H11Cl2NO3. The van der Waals surface area contributed by atoms with Crippen molar-refractivity contribution in [3.8, 4) is 0 Å². The summed E-state index contributed by atoms with van der Waals surface area (Å²) in [6.07, 6.45) is -1.41. The summed E-state index contributed by atoms with van der Waals surface area (Å²) in [7, 11) is 0. The van der Waals surface area contributed by atoms with E-state index in [0.717, 1.165) is 0 Å². The van der Waals surface area contributed by atoms with Crippen LogP contribution in [0.3, 0.4) is 0 Å². The molecule has 1 unspecified atom stereocenters. The molecule has 0 aliphatic carbocycles. The number of carbonyl (C=O) groups excluding carboxylic acids is 1. The highest BCUT2D eigenvalue weighted by Gasteiger charge is 2.22. The van der Waals surface area contributed by atoms with Gasteiger partial charge >= 0.3 is 5.97 Å². The van der Waals surface area contributed by atoms with Crippen molar-refractivity contribution in [2.45, 2.75) is 13.0 Å². The third kappa shape index (κ3) is 2.81. The summed E-state index contributed by atoms with van der Waals surface area (Å²) in [4.78, 5) is 15.6. The third-order valence-electron chi connectivity index (χ3n) is 2.61. The number of ether oxygens (including phenoxy) is 1.